The molecule has 0 atom stereocenters. The van der Waals surface area contributed by atoms with Crippen molar-refractivity contribution < 1.29 is 14.3 Å². The molecule has 0 aliphatic rings. The van der Waals surface area contributed by atoms with Gasteiger partial charge in [-0.1, -0.05) is 0 Å². The van der Waals surface area contributed by atoms with E-state index in [1.807, 2.05) is 6.92 Å². The number of hydrogen-bond donors (Lipinski definition) is 1. The number of aromatic nitrogens is 2. The van der Waals surface area contributed by atoms with Crippen molar-refractivity contribution >= 4 is 22.8 Å². The zero-order valence-electron chi connectivity index (χ0n) is 11.4. The highest BCUT2D eigenvalue weighted by Crippen LogP contribution is 2.25. The highest BCUT2D eigenvalue weighted by atomic mass is 16.5. The molecule has 1 aromatic heterocycles. The van der Waals surface area contributed by atoms with Gasteiger partial charge in [0.2, 0.25) is 0 Å². The summed E-state index contributed by atoms with van der Waals surface area (Å²) in [5, 5.41) is 0. The number of methoxy groups -OCH3 is 1. The van der Waals surface area contributed by atoms with Crippen LogP contribution in [0.2, 0.25) is 0 Å². The summed E-state index contributed by atoms with van der Waals surface area (Å²) in [6.07, 6.45) is 0. The summed E-state index contributed by atoms with van der Waals surface area (Å²) in [6, 6.07) is 5.15. The zero-order chi connectivity index (χ0) is 14.2. The zero-order valence-corrected chi connectivity index (χ0v) is 11.4. The highest BCUT2D eigenvalue weighted by molar-refractivity contribution is 6.12. The van der Waals surface area contributed by atoms with Crippen LogP contribution in [0.4, 0.5) is 0 Å². The third-order valence-electron chi connectivity index (χ3n) is 3.13. The molecular weight excluding hydrogens is 244 g/mol. The van der Waals surface area contributed by atoms with Gasteiger partial charge in [0.15, 0.2) is 5.78 Å². The molecule has 2 rings (SSSR count). The number of esters is 1. The number of carbonyl (C=O) groups is 2. The third kappa shape index (κ3) is 2.23. The number of nitrogens with zero attached hydrogens (tertiary/aromatic N) is 1. The Kier molecular flexibility index (Phi) is 3.14. The van der Waals surface area contributed by atoms with Gasteiger partial charge >= 0.3 is 5.97 Å². The van der Waals surface area contributed by atoms with Crippen LogP contribution in [-0.4, -0.2) is 28.8 Å². The van der Waals surface area contributed by atoms with Crippen LogP contribution in [0.5, 0.6) is 0 Å². The first-order valence-corrected chi connectivity index (χ1v) is 5.96. The number of hydrogen-bond acceptors (Lipinski definition) is 4. The third-order valence-corrected chi connectivity index (χ3v) is 3.13. The lowest BCUT2D eigenvalue weighted by molar-refractivity contribution is -0.147. The van der Waals surface area contributed by atoms with Gasteiger partial charge < -0.3 is 9.72 Å². The number of rotatable bonds is 3. The fraction of sp³-hybridized carbons (Fsp3) is 0.357. The Morgan fingerprint density at radius 1 is 1.32 bits per heavy atom. The van der Waals surface area contributed by atoms with Crippen molar-refractivity contribution in [3.05, 3.63) is 29.6 Å². The van der Waals surface area contributed by atoms with Crippen LogP contribution in [0.3, 0.4) is 0 Å². The smallest absolute Gasteiger partial charge is 0.319 e. The van der Waals surface area contributed by atoms with Crippen LogP contribution in [-0.2, 0) is 9.53 Å². The van der Waals surface area contributed by atoms with Gasteiger partial charge in [-0.05, 0) is 39.0 Å². The fourth-order valence-corrected chi connectivity index (χ4v) is 1.99. The van der Waals surface area contributed by atoms with Gasteiger partial charge in [0.05, 0.1) is 18.1 Å². The average Bonchev–Trinajstić information content (AvgIpc) is 2.75. The number of carbonyl (C=O) groups excluding carboxylic acids is 2. The summed E-state index contributed by atoms with van der Waals surface area (Å²) >= 11 is 0. The minimum atomic E-state index is -1.20. The lowest BCUT2D eigenvalue weighted by Crippen LogP contribution is -2.34. The molecule has 0 aliphatic carbocycles. The maximum absolute atomic E-state index is 12.4. The molecule has 19 heavy (non-hydrogen) atoms. The average molecular weight is 260 g/mol. The molecule has 100 valence electrons. The Morgan fingerprint density at radius 3 is 2.63 bits per heavy atom. The van der Waals surface area contributed by atoms with Crippen molar-refractivity contribution in [1.29, 1.82) is 0 Å². The number of Topliss-reactive ketones (excluding diaryl/α,β-unsaturated/α-hetero) is 1. The molecule has 0 spiro atoms. The second kappa shape index (κ2) is 4.50. The summed E-state index contributed by atoms with van der Waals surface area (Å²) in [4.78, 5) is 31.4. The Bertz CT molecular complexity index is 656. The molecule has 5 heteroatoms. The molecule has 0 aliphatic heterocycles. The summed E-state index contributed by atoms with van der Waals surface area (Å²) in [5.41, 5.74) is 0.845. The first-order chi connectivity index (χ1) is 8.86. The van der Waals surface area contributed by atoms with Crippen LogP contribution in [0, 0.1) is 12.3 Å². The van der Waals surface area contributed by atoms with E-state index in [-0.39, 0.29) is 5.78 Å². The predicted octanol–water partition coefficient (Wildman–Crippen LogP) is 2.25. The molecule has 1 heterocycles. The number of ether oxygens (including phenoxy) is 1. The van der Waals surface area contributed by atoms with Crippen LogP contribution in [0.15, 0.2) is 18.2 Å². The van der Waals surface area contributed by atoms with Crippen LogP contribution in [0.1, 0.15) is 30.0 Å². The van der Waals surface area contributed by atoms with Gasteiger partial charge in [-0.3, -0.25) is 9.59 Å². The second-order valence-corrected chi connectivity index (χ2v) is 5.00. The molecule has 2 aromatic rings. The van der Waals surface area contributed by atoms with Crippen LogP contribution in [0.25, 0.3) is 11.0 Å². The largest absolute Gasteiger partial charge is 0.468 e. The SMILES string of the molecule is COC(=O)C(C)(C)C(=O)c1ccc2nc(C)[nH]c2c1. The van der Waals surface area contributed by atoms with E-state index >= 15 is 0 Å². The number of benzene rings is 1. The van der Waals surface area contributed by atoms with Gasteiger partial charge in [0, 0.05) is 5.56 Å². The van der Waals surface area contributed by atoms with E-state index in [0.29, 0.717) is 5.56 Å². The van der Waals surface area contributed by atoms with Crippen molar-refractivity contribution in [2.45, 2.75) is 20.8 Å². The fourth-order valence-electron chi connectivity index (χ4n) is 1.99. The van der Waals surface area contributed by atoms with E-state index in [9.17, 15) is 9.59 Å². The number of fused-ring (bicyclic) bond motifs is 1. The van der Waals surface area contributed by atoms with Gasteiger partial charge in [0.1, 0.15) is 11.2 Å². The molecule has 1 aromatic carbocycles. The van der Waals surface area contributed by atoms with Gasteiger partial charge in [-0.15, -0.1) is 0 Å². The second-order valence-electron chi connectivity index (χ2n) is 5.00. The van der Waals surface area contributed by atoms with Crippen molar-refractivity contribution in [3.63, 3.8) is 0 Å². The molecule has 1 N–H and O–H groups in total. The molecule has 0 saturated carbocycles. The molecule has 0 unspecified atom stereocenters. The number of aryl methyl sites for hydroxylation is 1. The Morgan fingerprint density at radius 2 is 2.00 bits per heavy atom. The van der Waals surface area contributed by atoms with Gasteiger partial charge in [0.25, 0.3) is 0 Å². The summed E-state index contributed by atoms with van der Waals surface area (Å²) in [7, 11) is 1.28. The van der Waals surface area contributed by atoms with E-state index in [1.165, 1.54) is 7.11 Å². The lowest BCUT2D eigenvalue weighted by atomic mass is 9.84. The van der Waals surface area contributed by atoms with Crippen molar-refractivity contribution in [3.8, 4) is 0 Å². The number of ketones is 1. The molecule has 0 saturated heterocycles. The van der Waals surface area contributed by atoms with Gasteiger partial charge in [-0.25, -0.2) is 4.98 Å². The number of nitrogens with one attached hydrogen (secondary N) is 1. The first-order valence-electron chi connectivity index (χ1n) is 5.96. The van der Waals surface area contributed by atoms with E-state index in [1.54, 1.807) is 32.0 Å². The number of aromatic amines is 1. The molecule has 0 amide bonds. The molecule has 0 fully saturated rings. The Labute approximate surface area is 111 Å². The topological polar surface area (TPSA) is 72.1 Å². The monoisotopic (exact) mass is 260 g/mol. The van der Waals surface area contributed by atoms with Crippen molar-refractivity contribution in [2.75, 3.05) is 7.11 Å². The standard InChI is InChI=1S/C14H16N2O3/c1-8-15-10-6-5-9(7-11(10)16-8)12(17)14(2,3)13(18)19-4/h5-7H,1-4H3,(H,15,16). The first kappa shape index (κ1) is 13.3. The summed E-state index contributed by atoms with van der Waals surface area (Å²) in [5.74, 6) is -0.0290. The van der Waals surface area contributed by atoms with E-state index < -0.39 is 11.4 Å². The molecule has 0 radical (unpaired) electrons. The summed E-state index contributed by atoms with van der Waals surface area (Å²) < 4.78 is 4.67. The Hall–Kier alpha value is -2.17. The van der Waals surface area contributed by atoms with Crippen molar-refractivity contribution in [1.82, 2.24) is 9.97 Å². The van der Waals surface area contributed by atoms with E-state index in [2.05, 4.69) is 14.7 Å². The van der Waals surface area contributed by atoms with Gasteiger partial charge in [-0.2, -0.15) is 0 Å². The number of H-pyrrole nitrogens is 1. The van der Waals surface area contributed by atoms with E-state index in [0.717, 1.165) is 16.9 Å². The minimum absolute atomic E-state index is 0.270. The van der Waals surface area contributed by atoms with Crippen LogP contribution < -0.4 is 0 Å². The van der Waals surface area contributed by atoms with Crippen LogP contribution >= 0.6 is 0 Å². The molecule has 0 bridgehead atoms. The van der Waals surface area contributed by atoms with Crippen molar-refractivity contribution in [2.24, 2.45) is 5.41 Å². The normalized spacial score (nSPS) is 11.6. The Balaban J connectivity index is 2.43. The van der Waals surface area contributed by atoms with E-state index in [4.69, 9.17) is 0 Å². The quantitative estimate of drug-likeness (QED) is 0.522. The molecular formula is C14H16N2O3. The highest BCUT2D eigenvalue weighted by Gasteiger charge is 2.37. The lowest BCUT2D eigenvalue weighted by Gasteiger charge is -2.19. The maximum Gasteiger partial charge on any atom is 0.319 e. The maximum atomic E-state index is 12.4. The minimum Gasteiger partial charge on any atom is -0.468 e. The summed E-state index contributed by atoms with van der Waals surface area (Å²) in [6.45, 7) is 4.97. The predicted molar refractivity (Wildman–Crippen MR) is 71.0 cm³/mol. The number of imidazole rings is 1. The molecule has 5 nitrogen and oxygen atoms in total.